The van der Waals surface area contributed by atoms with E-state index in [4.69, 9.17) is 13.9 Å². The highest BCUT2D eigenvalue weighted by Gasteiger charge is 2.10. The van der Waals surface area contributed by atoms with Crippen molar-refractivity contribution >= 4 is 29.4 Å². The van der Waals surface area contributed by atoms with Gasteiger partial charge in [-0.15, -0.1) is 0 Å². The molecule has 2 N–H and O–H groups in total. The van der Waals surface area contributed by atoms with Crippen molar-refractivity contribution in [2.24, 2.45) is 0 Å². The molecule has 0 atom stereocenters. The normalized spacial score (nSPS) is 11.1. The third-order valence-electron chi connectivity index (χ3n) is 2.05. The summed E-state index contributed by atoms with van der Waals surface area (Å²) >= 11 is 4.56. The second-order valence-electron chi connectivity index (χ2n) is 3.37. The summed E-state index contributed by atoms with van der Waals surface area (Å²) in [5.74, 6) is 0. The van der Waals surface area contributed by atoms with E-state index in [0.29, 0.717) is 13.2 Å². The fraction of sp³-hybridized carbons (Fsp3) is 0.333. The Bertz CT molecular complexity index is 475. The first-order chi connectivity index (χ1) is 8.59. The average Bonchev–Trinajstić information content (AvgIpc) is 2.77. The van der Waals surface area contributed by atoms with E-state index in [9.17, 15) is 0 Å². The second kappa shape index (κ2) is 7.67. The Morgan fingerprint density at radius 2 is 1.78 bits per heavy atom. The highest BCUT2D eigenvalue weighted by Crippen LogP contribution is 2.42. The number of aromatic nitrogens is 1. The molecule has 2 rings (SSSR count). The molecule has 100 valence electrons. The molecule has 6 heteroatoms. The van der Waals surface area contributed by atoms with E-state index < -0.39 is 6.72 Å². The molecule has 0 fully saturated rings. The van der Waals surface area contributed by atoms with Gasteiger partial charge in [-0.05, 0) is 43.2 Å². The number of hydrogen-bond donors (Lipinski definition) is 2. The minimum atomic E-state index is -2.86. The molecule has 0 spiro atoms. The zero-order valence-corrected chi connectivity index (χ0v) is 12.2. The quantitative estimate of drug-likeness (QED) is 0.846. The van der Waals surface area contributed by atoms with Crippen molar-refractivity contribution in [3.05, 3.63) is 36.5 Å². The fourth-order valence-electron chi connectivity index (χ4n) is 1.36. The van der Waals surface area contributed by atoms with Crippen LogP contribution in [0.2, 0.25) is 0 Å². The van der Waals surface area contributed by atoms with Gasteiger partial charge in [0.15, 0.2) is 0 Å². The summed E-state index contributed by atoms with van der Waals surface area (Å²) in [5, 5.41) is 1.28. The summed E-state index contributed by atoms with van der Waals surface area (Å²) in [4.78, 5) is 12.1. The molecule has 4 nitrogen and oxygen atoms in total. The summed E-state index contributed by atoms with van der Waals surface area (Å²) in [5.41, 5.74) is 1.21. The Balaban J connectivity index is 0.000000180. The van der Waals surface area contributed by atoms with Gasteiger partial charge in [-0.3, -0.25) is 0 Å². The van der Waals surface area contributed by atoms with Gasteiger partial charge >= 0.3 is 6.72 Å². The van der Waals surface area contributed by atoms with Crippen LogP contribution in [0.5, 0.6) is 0 Å². The molecule has 0 bridgehead atoms. The van der Waals surface area contributed by atoms with Crippen LogP contribution in [0.15, 0.2) is 36.5 Å². The van der Waals surface area contributed by atoms with Gasteiger partial charge in [-0.2, -0.15) is 0 Å². The van der Waals surface area contributed by atoms with Crippen LogP contribution in [0, 0.1) is 0 Å². The molecule has 18 heavy (non-hydrogen) atoms. The zero-order chi connectivity index (χ0) is 13.4. The Morgan fingerprint density at radius 1 is 1.17 bits per heavy atom. The second-order valence-corrected chi connectivity index (χ2v) is 6.21. The predicted molar refractivity (Wildman–Crippen MR) is 78.1 cm³/mol. The number of benzene rings is 1. The SMILES string of the molecule is CCOP(O)(=S)OCC.c1ccc2[nH]ccc2c1. The molecule has 2 aromatic rings. The molecule has 0 aliphatic heterocycles. The summed E-state index contributed by atoms with van der Waals surface area (Å²) in [7, 11) is 0. The van der Waals surface area contributed by atoms with E-state index in [1.54, 1.807) is 13.8 Å². The number of fused-ring (bicyclic) bond motifs is 1. The van der Waals surface area contributed by atoms with Crippen LogP contribution in [-0.2, 0) is 20.9 Å². The Labute approximate surface area is 112 Å². The maximum absolute atomic E-state index is 9.00. The summed E-state index contributed by atoms with van der Waals surface area (Å²) in [6.07, 6.45) is 1.95. The first-order valence-corrected chi connectivity index (χ1v) is 8.32. The third kappa shape index (κ3) is 5.29. The van der Waals surface area contributed by atoms with Gasteiger partial charge in [0.05, 0.1) is 13.2 Å². The summed E-state index contributed by atoms with van der Waals surface area (Å²) in [6.45, 7) is 1.45. The maximum atomic E-state index is 9.00. The molecule has 0 amide bonds. The van der Waals surface area contributed by atoms with E-state index in [-0.39, 0.29) is 0 Å². The maximum Gasteiger partial charge on any atom is 0.324 e. The molecule has 0 aliphatic rings. The van der Waals surface area contributed by atoms with E-state index in [1.807, 2.05) is 18.3 Å². The Hall–Kier alpha value is -0.710. The monoisotopic (exact) mass is 287 g/mol. The van der Waals surface area contributed by atoms with Gasteiger partial charge in [0.25, 0.3) is 0 Å². The number of aromatic amines is 1. The lowest BCUT2D eigenvalue weighted by atomic mass is 10.3. The van der Waals surface area contributed by atoms with Crippen LogP contribution in [0.3, 0.4) is 0 Å². The van der Waals surface area contributed by atoms with Gasteiger partial charge < -0.3 is 18.9 Å². The van der Waals surface area contributed by atoms with Crippen LogP contribution in [0.25, 0.3) is 10.9 Å². The molecule has 0 saturated carbocycles. The van der Waals surface area contributed by atoms with Gasteiger partial charge in [0, 0.05) is 11.7 Å². The van der Waals surface area contributed by atoms with Gasteiger partial charge in [0.1, 0.15) is 0 Å². The zero-order valence-electron chi connectivity index (χ0n) is 10.5. The highest BCUT2D eigenvalue weighted by atomic mass is 32.5. The van der Waals surface area contributed by atoms with Gasteiger partial charge in [-0.25, -0.2) is 0 Å². The van der Waals surface area contributed by atoms with Crippen molar-refractivity contribution in [3.8, 4) is 0 Å². The van der Waals surface area contributed by atoms with Crippen LogP contribution in [0.4, 0.5) is 0 Å². The highest BCUT2D eigenvalue weighted by molar-refractivity contribution is 8.07. The molecule has 0 unspecified atom stereocenters. The molecular formula is C12H18NO3PS. The lowest BCUT2D eigenvalue weighted by Gasteiger charge is -2.12. The van der Waals surface area contributed by atoms with Crippen LogP contribution < -0.4 is 0 Å². The van der Waals surface area contributed by atoms with E-state index in [2.05, 4.69) is 35.0 Å². The lowest BCUT2D eigenvalue weighted by molar-refractivity contribution is 0.212. The smallest absolute Gasteiger partial charge is 0.324 e. The Kier molecular flexibility index (Phi) is 6.54. The van der Waals surface area contributed by atoms with Crippen LogP contribution >= 0.6 is 6.72 Å². The largest absolute Gasteiger partial charge is 0.361 e. The minimum absolute atomic E-state index is 0.397. The number of para-hydroxylation sites is 1. The topological polar surface area (TPSA) is 54.5 Å². The van der Waals surface area contributed by atoms with Crippen molar-refractivity contribution in [1.82, 2.24) is 4.98 Å². The third-order valence-corrected chi connectivity index (χ3v) is 3.85. The van der Waals surface area contributed by atoms with E-state index in [1.165, 1.54) is 10.9 Å². The number of nitrogens with one attached hydrogen (secondary N) is 1. The number of hydrogen-bond acceptors (Lipinski definition) is 3. The van der Waals surface area contributed by atoms with Crippen molar-refractivity contribution in [2.75, 3.05) is 13.2 Å². The molecule has 0 aliphatic carbocycles. The average molecular weight is 287 g/mol. The molecule has 0 radical (unpaired) electrons. The van der Waals surface area contributed by atoms with Gasteiger partial charge in [0.2, 0.25) is 0 Å². The summed E-state index contributed by atoms with van der Waals surface area (Å²) in [6, 6.07) is 10.3. The van der Waals surface area contributed by atoms with Gasteiger partial charge in [-0.1, -0.05) is 18.2 Å². The first kappa shape index (κ1) is 15.3. The standard InChI is InChI=1S/C8H7N.C4H11O3PS/c1-2-4-8-7(3-1)5-6-9-8;1-3-6-8(5,9)7-4-2/h1-6,9H;3-4H2,1-2H3,(H,5,9). The van der Waals surface area contributed by atoms with Crippen LogP contribution in [-0.4, -0.2) is 23.1 Å². The van der Waals surface area contributed by atoms with Crippen molar-refractivity contribution in [3.63, 3.8) is 0 Å². The first-order valence-electron chi connectivity index (χ1n) is 5.73. The lowest BCUT2D eigenvalue weighted by Crippen LogP contribution is -1.92. The minimum Gasteiger partial charge on any atom is -0.361 e. The summed E-state index contributed by atoms with van der Waals surface area (Å²) < 4.78 is 9.46. The molecule has 0 saturated heterocycles. The molecule has 1 heterocycles. The number of rotatable bonds is 4. The molecule has 1 aromatic carbocycles. The van der Waals surface area contributed by atoms with Crippen LogP contribution in [0.1, 0.15) is 13.8 Å². The molecule has 1 aromatic heterocycles. The Morgan fingerprint density at radius 3 is 2.33 bits per heavy atom. The van der Waals surface area contributed by atoms with E-state index >= 15 is 0 Å². The number of H-pyrrole nitrogens is 1. The fourth-order valence-corrected chi connectivity index (χ4v) is 2.72. The van der Waals surface area contributed by atoms with E-state index in [0.717, 1.165) is 0 Å². The molecular weight excluding hydrogens is 269 g/mol. The van der Waals surface area contributed by atoms with Crippen molar-refractivity contribution in [2.45, 2.75) is 13.8 Å². The van der Waals surface area contributed by atoms with Crippen molar-refractivity contribution in [1.29, 1.82) is 0 Å². The van der Waals surface area contributed by atoms with Crippen molar-refractivity contribution < 1.29 is 13.9 Å². The predicted octanol–water partition coefficient (Wildman–Crippen LogP) is 3.44.